The Hall–Kier alpha value is -0.900. The van der Waals surface area contributed by atoms with E-state index in [2.05, 4.69) is 6.92 Å². The smallest absolute Gasteiger partial charge is 0.313 e. The number of Topliss-reactive ketones (excluding diaryl/α,β-unsaturated/α-hetero) is 1. The number of esters is 1. The van der Waals surface area contributed by atoms with Crippen molar-refractivity contribution in [3.8, 4) is 0 Å². The van der Waals surface area contributed by atoms with Crippen LogP contribution in [0.15, 0.2) is 0 Å². The van der Waals surface area contributed by atoms with Crippen LogP contribution < -0.4 is 0 Å². The molecular formula is C23H34O4. The fourth-order valence-corrected chi connectivity index (χ4v) is 8.55. The van der Waals surface area contributed by atoms with Gasteiger partial charge in [0.25, 0.3) is 0 Å². The molecule has 5 aliphatic carbocycles. The molecule has 1 unspecified atom stereocenters. The van der Waals surface area contributed by atoms with E-state index in [0.717, 1.165) is 55.8 Å². The molecule has 5 saturated carbocycles. The molecule has 0 aromatic carbocycles. The van der Waals surface area contributed by atoms with Gasteiger partial charge in [0.2, 0.25) is 0 Å². The van der Waals surface area contributed by atoms with Crippen LogP contribution in [0.5, 0.6) is 0 Å². The molecule has 0 spiro atoms. The van der Waals surface area contributed by atoms with E-state index in [1.165, 1.54) is 32.8 Å². The van der Waals surface area contributed by atoms with Gasteiger partial charge in [0.15, 0.2) is 0 Å². The van der Waals surface area contributed by atoms with Gasteiger partial charge in [-0.25, -0.2) is 0 Å². The number of aliphatic hydroxyl groups is 1. The van der Waals surface area contributed by atoms with Gasteiger partial charge in [-0.2, -0.15) is 0 Å². The van der Waals surface area contributed by atoms with E-state index in [0.29, 0.717) is 11.8 Å². The minimum atomic E-state index is -0.389. The zero-order valence-corrected chi connectivity index (χ0v) is 16.8. The van der Waals surface area contributed by atoms with Gasteiger partial charge in [0, 0.05) is 5.92 Å². The van der Waals surface area contributed by atoms with Crippen LogP contribution in [-0.4, -0.2) is 29.6 Å². The molecule has 27 heavy (non-hydrogen) atoms. The highest BCUT2D eigenvalue weighted by molar-refractivity contribution is 5.97. The predicted molar refractivity (Wildman–Crippen MR) is 101 cm³/mol. The SMILES string of the molecule is COC(=O)CC(=O)[C@H]1CC[C@H]2[C@@H]3CC[C@@H]4C5C[C@@]5(O)CC[C@@H]4[C@H]3CC[C@]12C. The zero-order chi connectivity index (χ0) is 19.0. The van der Waals surface area contributed by atoms with Gasteiger partial charge in [-0.15, -0.1) is 0 Å². The first kappa shape index (κ1) is 18.1. The minimum Gasteiger partial charge on any atom is -0.469 e. The first-order valence-corrected chi connectivity index (χ1v) is 11.2. The molecule has 9 atom stereocenters. The Kier molecular flexibility index (Phi) is 4.06. The van der Waals surface area contributed by atoms with Gasteiger partial charge in [-0.1, -0.05) is 6.92 Å². The summed E-state index contributed by atoms with van der Waals surface area (Å²) < 4.78 is 4.74. The van der Waals surface area contributed by atoms with Crippen molar-refractivity contribution in [1.29, 1.82) is 0 Å². The van der Waals surface area contributed by atoms with E-state index in [1.54, 1.807) is 0 Å². The lowest BCUT2D eigenvalue weighted by molar-refractivity contribution is -0.146. The Morgan fingerprint density at radius 3 is 2.30 bits per heavy atom. The van der Waals surface area contributed by atoms with Crippen LogP contribution in [-0.2, 0) is 14.3 Å². The number of ketones is 1. The second-order valence-electron chi connectivity index (χ2n) is 10.7. The maximum Gasteiger partial charge on any atom is 0.313 e. The molecule has 4 nitrogen and oxygen atoms in total. The number of ether oxygens (including phenoxy) is 1. The quantitative estimate of drug-likeness (QED) is 0.604. The van der Waals surface area contributed by atoms with E-state index in [9.17, 15) is 14.7 Å². The topological polar surface area (TPSA) is 63.6 Å². The Balaban J connectivity index is 1.33. The summed E-state index contributed by atoms with van der Waals surface area (Å²) >= 11 is 0. The molecule has 0 bridgehead atoms. The number of hydrogen-bond donors (Lipinski definition) is 1. The van der Waals surface area contributed by atoms with Gasteiger partial charge in [0.1, 0.15) is 12.2 Å². The summed E-state index contributed by atoms with van der Waals surface area (Å²) in [6.45, 7) is 2.34. The summed E-state index contributed by atoms with van der Waals surface area (Å²) in [5.41, 5.74) is -0.218. The summed E-state index contributed by atoms with van der Waals surface area (Å²) in [5, 5.41) is 10.6. The molecular weight excluding hydrogens is 340 g/mol. The molecule has 150 valence electrons. The van der Waals surface area contributed by atoms with Crippen molar-refractivity contribution in [2.75, 3.05) is 7.11 Å². The molecule has 0 heterocycles. The van der Waals surface area contributed by atoms with E-state index in [4.69, 9.17) is 4.74 Å². The van der Waals surface area contributed by atoms with Crippen LogP contribution in [0.3, 0.4) is 0 Å². The summed E-state index contributed by atoms with van der Waals surface area (Å²) in [6, 6.07) is 0. The lowest BCUT2D eigenvalue weighted by atomic mass is 9.49. The van der Waals surface area contributed by atoms with Crippen molar-refractivity contribution >= 4 is 11.8 Å². The maximum absolute atomic E-state index is 12.8. The van der Waals surface area contributed by atoms with Crippen LogP contribution in [0.1, 0.15) is 71.1 Å². The van der Waals surface area contributed by atoms with Gasteiger partial charge in [-0.05, 0) is 98.7 Å². The van der Waals surface area contributed by atoms with E-state index < -0.39 is 0 Å². The average molecular weight is 375 g/mol. The molecule has 0 saturated heterocycles. The van der Waals surface area contributed by atoms with Crippen LogP contribution in [0.2, 0.25) is 0 Å². The third-order valence-electron chi connectivity index (χ3n) is 9.89. The standard InChI is InChI=1S/C23H34O4/c1-22-9-7-13-14-8-10-23(26)12-19(23)16(14)4-3-15(13)17(22)5-6-18(22)20(24)11-21(25)27-2/h13-19,26H,3-12H2,1-2H3/t13-,14-,15-,16+,17+,18-,19?,22+,23+/m1/s1. The minimum absolute atomic E-state index is 0.0418. The molecule has 1 N–H and O–H groups in total. The Morgan fingerprint density at radius 2 is 1.59 bits per heavy atom. The van der Waals surface area contributed by atoms with Gasteiger partial charge in [-0.3, -0.25) is 9.59 Å². The monoisotopic (exact) mass is 374 g/mol. The Labute approximate surface area is 162 Å². The second kappa shape index (κ2) is 6.05. The van der Waals surface area contributed by atoms with Gasteiger partial charge in [0.05, 0.1) is 12.7 Å². The molecule has 0 aliphatic heterocycles. The number of fused-ring (bicyclic) bond motifs is 7. The fraction of sp³-hybridized carbons (Fsp3) is 0.913. The van der Waals surface area contributed by atoms with Crippen LogP contribution in [0, 0.1) is 46.8 Å². The first-order valence-electron chi connectivity index (χ1n) is 11.2. The molecule has 4 heteroatoms. The van der Waals surface area contributed by atoms with Crippen LogP contribution >= 0.6 is 0 Å². The summed E-state index contributed by atoms with van der Waals surface area (Å²) in [4.78, 5) is 24.4. The normalized spacial score (nSPS) is 52.8. The van der Waals surface area contributed by atoms with Crippen molar-refractivity contribution in [1.82, 2.24) is 0 Å². The number of hydrogen-bond acceptors (Lipinski definition) is 4. The molecule has 0 amide bonds. The number of rotatable bonds is 3. The number of carbonyl (C=O) groups excluding carboxylic acids is 2. The van der Waals surface area contributed by atoms with E-state index in [-0.39, 0.29) is 35.1 Å². The lowest BCUT2D eigenvalue weighted by Gasteiger charge is -2.56. The Morgan fingerprint density at radius 1 is 0.926 bits per heavy atom. The fourth-order valence-electron chi connectivity index (χ4n) is 8.55. The highest BCUT2D eigenvalue weighted by atomic mass is 16.5. The molecule has 5 fully saturated rings. The van der Waals surface area contributed by atoms with Crippen molar-refractivity contribution in [2.24, 2.45) is 46.8 Å². The third-order valence-corrected chi connectivity index (χ3v) is 9.89. The maximum atomic E-state index is 12.8. The molecule has 0 radical (unpaired) electrons. The average Bonchev–Trinajstić information content (AvgIpc) is 3.22. The predicted octanol–water partition coefficient (Wildman–Crippen LogP) is 3.75. The number of carbonyl (C=O) groups is 2. The first-order chi connectivity index (χ1) is 12.9. The zero-order valence-electron chi connectivity index (χ0n) is 16.8. The van der Waals surface area contributed by atoms with Crippen molar-refractivity contribution in [3.63, 3.8) is 0 Å². The number of methoxy groups -OCH3 is 1. The second-order valence-corrected chi connectivity index (χ2v) is 10.7. The highest BCUT2D eigenvalue weighted by Gasteiger charge is 2.65. The third kappa shape index (κ3) is 2.58. The summed E-state index contributed by atoms with van der Waals surface area (Å²) in [5.74, 6) is 4.12. The van der Waals surface area contributed by atoms with Gasteiger partial charge >= 0.3 is 5.97 Å². The van der Waals surface area contributed by atoms with Crippen molar-refractivity contribution < 1.29 is 19.4 Å². The largest absolute Gasteiger partial charge is 0.469 e. The van der Waals surface area contributed by atoms with E-state index >= 15 is 0 Å². The summed E-state index contributed by atoms with van der Waals surface area (Å²) in [6.07, 6.45) is 10.3. The van der Waals surface area contributed by atoms with Crippen LogP contribution in [0.25, 0.3) is 0 Å². The van der Waals surface area contributed by atoms with E-state index in [1.807, 2.05) is 0 Å². The summed E-state index contributed by atoms with van der Waals surface area (Å²) in [7, 11) is 1.36. The highest BCUT2D eigenvalue weighted by Crippen LogP contribution is 2.68. The molecule has 5 rings (SSSR count). The van der Waals surface area contributed by atoms with Crippen LogP contribution in [0.4, 0.5) is 0 Å². The van der Waals surface area contributed by atoms with Gasteiger partial charge < -0.3 is 9.84 Å². The lowest BCUT2D eigenvalue weighted by Crippen LogP contribution is -2.50. The van der Waals surface area contributed by atoms with Crippen molar-refractivity contribution in [2.45, 2.75) is 76.7 Å². The molecule has 5 aliphatic rings. The Bertz CT molecular complexity index is 659. The molecule has 0 aromatic heterocycles. The molecule has 0 aromatic rings. The van der Waals surface area contributed by atoms with Crippen molar-refractivity contribution in [3.05, 3.63) is 0 Å².